The van der Waals surface area contributed by atoms with Crippen molar-refractivity contribution in [3.8, 4) is 0 Å². The van der Waals surface area contributed by atoms with E-state index in [1.165, 1.54) is 5.56 Å². The van der Waals surface area contributed by atoms with Crippen LogP contribution in [-0.4, -0.2) is 45.3 Å². The minimum absolute atomic E-state index is 0.173. The molecule has 3 amide bonds. The zero-order valence-electron chi connectivity index (χ0n) is 16.4. The van der Waals surface area contributed by atoms with Gasteiger partial charge in [-0.2, -0.15) is 0 Å². The number of carbonyl (C=O) groups is 3. The minimum Gasteiger partial charge on any atom is -0.354 e. The lowest BCUT2D eigenvalue weighted by molar-refractivity contribution is -0.143. The van der Waals surface area contributed by atoms with Gasteiger partial charge in [0.15, 0.2) is 0 Å². The Morgan fingerprint density at radius 2 is 1.76 bits per heavy atom. The van der Waals surface area contributed by atoms with Crippen LogP contribution in [0.1, 0.15) is 37.1 Å². The highest BCUT2D eigenvalue weighted by molar-refractivity contribution is 6.07. The smallest absolute Gasteiger partial charge is 0.240 e. The van der Waals surface area contributed by atoms with Crippen LogP contribution >= 0.6 is 0 Å². The fraction of sp³-hybridized carbons (Fsp3) is 0.455. The molecule has 1 aromatic heterocycles. The first-order valence-corrected chi connectivity index (χ1v) is 10.3. The van der Waals surface area contributed by atoms with Gasteiger partial charge in [-0.3, -0.25) is 19.3 Å². The average Bonchev–Trinajstić information content (AvgIpc) is 3.27. The molecule has 1 saturated heterocycles. The number of fused-ring (bicyclic) bond motifs is 1. The van der Waals surface area contributed by atoms with Crippen LogP contribution in [0, 0.1) is 11.8 Å². The van der Waals surface area contributed by atoms with Crippen molar-refractivity contribution < 1.29 is 14.4 Å². The Labute approximate surface area is 170 Å². The number of rotatable bonds is 7. The number of likely N-dealkylation sites (tertiary alicyclic amines) is 1. The Balaban J connectivity index is 1.27. The molecule has 7 heteroatoms. The molecule has 0 bridgehead atoms. The lowest BCUT2D eigenvalue weighted by Gasteiger charge is -2.19. The number of imide groups is 1. The Hall–Kier alpha value is -2.96. The van der Waals surface area contributed by atoms with Crippen molar-refractivity contribution >= 4 is 17.7 Å². The Kier molecular flexibility index (Phi) is 5.74. The Morgan fingerprint density at radius 3 is 2.45 bits per heavy atom. The molecular formula is C22H26N4O3. The van der Waals surface area contributed by atoms with Gasteiger partial charge < -0.3 is 9.88 Å². The molecule has 2 unspecified atom stereocenters. The van der Waals surface area contributed by atoms with Gasteiger partial charge in [-0.15, -0.1) is 0 Å². The number of benzene rings is 1. The lowest BCUT2D eigenvalue weighted by Crippen LogP contribution is -2.41. The highest BCUT2D eigenvalue weighted by atomic mass is 16.2. The second-order valence-corrected chi connectivity index (χ2v) is 7.82. The quantitative estimate of drug-likeness (QED) is 0.726. The molecule has 29 heavy (non-hydrogen) atoms. The topological polar surface area (TPSA) is 84.3 Å². The number of nitrogens with one attached hydrogen (secondary N) is 1. The van der Waals surface area contributed by atoms with E-state index >= 15 is 0 Å². The van der Waals surface area contributed by atoms with Crippen molar-refractivity contribution in [2.24, 2.45) is 11.8 Å². The second kappa shape index (κ2) is 8.59. The number of nitrogens with zero attached hydrogens (tertiary/aromatic N) is 3. The number of amides is 3. The Morgan fingerprint density at radius 1 is 1.07 bits per heavy atom. The van der Waals surface area contributed by atoms with Gasteiger partial charge in [-0.25, -0.2) is 4.98 Å². The maximum Gasteiger partial charge on any atom is 0.240 e. The van der Waals surface area contributed by atoms with Gasteiger partial charge >= 0.3 is 0 Å². The lowest BCUT2D eigenvalue weighted by atomic mass is 9.81. The number of carbonyl (C=O) groups excluding carboxylic acids is 3. The molecule has 2 aliphatic rings. The van der Waals surface area contributed by atoms with E-state index < -0.39 is 0 Å². The summed E-state index contributed by atoms with van der Waals surface area (Å²) >= 11 is 0. The van der Waals surface area contributed by atoms with E-state index in [1.807, 2.05) is 24.4 Å². The summed E-state index contributed by atoms with van der Waals surface area (Å²) in [5, 5.41) is 2.82. The highest BCUT2D eigenvalue weighted by Crippen LogP contribution is 2.37. The van der Waals surface area contributed by atoms with Crippen molar-refractivity contribution in [3.05, 3.63) is 54.1 Å². The molecule has 1 saturated carbocycles. The summed E-state index contributed by atoms with van der Waals surface area (Å²) in [5.41, 5.74) is 1.18. The molecule has 2 fully saturated rings. The van der Waals surface area contributed by atoms with E-state index in [1.54, 1.807) is 6.20 Å². The zero-order valence-corrected chi connectivity index (χ0v) is 16.4. The standard InChI is InChI=1S/C22H26N4O3/c27-20(15-26-21(28)17-8-4-5-9-18(17)22(26)29)24-11-10-19-23-12-13-25(19)14-16-6-2-1-3-7-16/h1-3,6-7,12-13,17-18H,4-5,8-11,14-15H2,(H,24,27). The molecule has 1 N–H and O–H groups in total. The summed E-state index contributed by atoms with van der Waals surface area (Å²) in [6.45, 7) is 0.959. The molecule has 2 atom stereocenters. The monoisotopic (exact) mass is 394 g/mol. The minimum atomic E-state index is -0.300. The number of imidazole rings is 1. The fourth-order valence-corrected chi connectivity index (χ4v) is 4.39. The summed E-state index contributed by atoms with van der Waals surface area (Å²) in [6, 6.07) is 10.1. The van der Waals surface area contributed by atoms with Crippen molar-refractivity contribution in [2.75, 3.05) is 13.1 Å². The summed E-state index contributed by atoms with van der Waals surface area (Å²) in [5.74, 6) is -0.189. The van der Waals surface area contributed by atoms with Gasteiger partial charge in [0.1, 0.15) is 12.4 Å². The van der Waals surface area contributed by atoms with Crippen molar-refractivity contribution in [3.63, 3.8) is 0 Å². The van der Waals surface area contributed by atoms with Crippen LogP contribution in [0.15, 0.2) is 42.7 Å². The summed E-state index contributed by atoms with van der Waals surface area (Å²) < 4.78 is 2.06. The molecule has 1 aliphatic carbocycles. The molecule has 152 valence electrons. The molecule has 1 aromatic carbocycles. The SMILES string of the molecule is O=C(CN1C(=O)C2CCCCC2C1=O)NCCc1nccn1Cc1ccccc1. The highest BCUT2D eigenvalue weighted by Gasteiger charge is 2.48. The maximum absolute atomic E-state index is 12.5. The van der Waals surface area contributed by atoms with Gasteiger partial charge in [0, 0.05) is 31.9 Å². The summed E-state index contributed by atoms with van der Waals surface area (Å²) in [7, 11) is 0. The predicted octanol–water partition coefficient (Wildman–Crippen LogP) is 1.77. The molecular weight excluding hydrogens is 368 g/mol. The van der Waals surface area contributed by atoms with Crippen molar-refractivity contribution in [1.29, 1.82) is 0 Å². The zero-order chi connectivity index (χ0) is 20.2. The fourth-order valence-electron chi connectivity index (χ4n) is 4.39. The van der Waals surface area contributed by atoms with Crippen LogP contribution in [0.2, 0.25) is 0 Å². The van der Waals surface area contributed by atoms with Crippen LogP contribution in [0.5, 0.6) is 0 Å². The van der Waals surface area contributed by atoms with Crippen LogP contribution in [-0.2, 0) is 27.3 Å². The molecule has 1 aliphatic heterocycles. The first kappa shape index (κ1) is 19.4. The van der Waals surface area contributed by atoms with Crippen LogP contribution in [0.25, 0.3) is 0 Å². The van der Waals surface area contributed by atoms with Gasteiger partial charge in [0.2, 0.25) is 17.7 Å². The number of hydrogen-bond donors (Lipinski definition) is 1. The molecule has 0 radical (unpaired) electrons. The maximum atomic E-state index is 12.5. The van der Waals surface area contributed by atoms with Gasteiger partial charge in [0.25, 0.3) is 0 Å². The van der Waals surface area contributed by atoms with Gasteiger partial charge in [0.05, 0.1) is 11.8 Å². The van der Waals surface area contributed by atoms with Crippen molar-refractivity contribution in [2.45, 2.75) is 38.6 Å². The van der Waals surface area contributed by atoms with E-state index in [4.69, 9.17) is 0 Å². The first-order valence-electron chi connectivity index (χ1n) is 10.3. The molecule has 4 rings (SSSR count). The van der Waals surface area contributed by atoms with E-state index in [9.17, 15) is 14.4 Å². The first-order chi connectivity index (χ1) is 14.1. The van der Waals surface area contributed by atoms with Crippen LogP contribution in [0.4, 0.5) is 0 Å². The van der Waals surface area contributed by atoms with E-state index in [-0.39, 0.29) is 36.1 Å². The van der Waals surface area contributed by atoms with Gasteiger partial charge in [-0.1, -0.05) is 43.2 Å². The number of aromatic nitrogens is 2. The third kappa shape index (κ3) is 4.23. The van der Waals surface area contributed by atoms with E-state index in [2.05, 4.69) is 27.0 Å². The average molecular weight is 394 g/mol. The third-order valence-electron chi connectivity index (χ3n) is 5.90. The normalized spacial score (nSPS) is 21.3. The van der Waals surface area contributed by atoms with Crippen molar-refractivity contribution in [1.82, 2.24) is 19.8 Å². The molecule has 7 nitrogen and oxygen atoms in total. The van der Waals surface area contributed by atoms with Crippen LogP contribution in [0.3, 0.4) is 0 Å². The van der Waals surface area contributed by atoms with Crippen LogP contribution < -0.4 is 5.32 Å². The Bertz CT molecular complexity index is 868. The van der Waals surface area contributed by atoms with Gasteiger partial charge in [-0.05, 0) is 18.4 Å². The number of hydrogen-bond acceptors (Lipinski definition) is 4. The van der Waals surface area contributed by atoms with E-state index in [0.717, 1.165) is 43.0 Å². The molecule has 2 heterocycles. The third-order valence-corrected chi connectivity index (χ3v) is 5.90. The second-order valence-electron chi connectivity index (χ2n) is 7.82. The summed E-state index contributed by atoms with van der Waals surface area (Å²) in [4.78, 5) is 42.8. The molecule has 2 aromatic rings. The summed E-state index contributed by atoms with van der Waals surface area (Å²) in [6.07, 6.45) is 7.75. The van der Waals surface area contributed by atoms with E-state index in [0.29, 0.717) is 13.0 Å². The predicted molar refractivity (Wildman–Crippen MR) is 107 cm³/mol. The molecule has 0 spiro atoms. The largest absolute Gasteiger partial charge is 0.354 e.